The number of hydrazone groups is 1. The summed E-state index contributed by atoms with van der Waals surface area (Å²) in [5, 5.41) is 6.25. The number of benzene rings is 2. The monoisotopic (exact) mass is 510 g/mol. The van der Waals surface area contributed by atoms with E-state index in [-0.39, 0.29) is 23.6 Å². The zero-order valence-corrected chi connectivity index (χ0v) is 20.9. The molecule has 0 saturated heterocycles. The summed E-state index contributed by atoms with van der Waals surface area (Å²) in [6, 6.07) is 14.8. The predicted octanol–water partition coefficient (Wildman–Crippen LogP) is 3.98. The van der Waals surface area contributed by atoms with Crippen molar-refractivity contribution in [1.82, 2.24) is 15.0 Å². The van der Waals surface area contributed by atoms with Crippen molar-refractivity contribution in [3.63, 3.8) is 0 Å². The molecule has 3 heterocycles. The summed E-state index contributed by atoms with van der Waals surface area (Å²) in [4.78, 5) is 21.5. The third-order valence-corrected chi connectivity index (χ3v) is 6.19. The first-order valence-electron chi connectivity index (χ1n) is 11.8. The molecule has 2 aromatic heterocycles. The Morgan fingerprint density at radius 2 is 1.97 bits per heavy atom. The summed E-state index contributed by atoms with van der Waals surface area (Å²) in [5.41, 5.74) is 15.4. The number of furan rings is 1. The molecule has 0 bridgehead atoms. The number of carbonyl (C=O) groups is 1. The van der Waals surface area contributed by atoms with Crippen molar-refractivity contribution in [3.05, 3.63) is 107 Å². The third-order valence-electron chi connectivity index (χ3n) is 6.19. The lowest BCUT2D eigenvalue weighted by molar-refractivity contribution is 0.104. The topological polar surface area (TPSA) is 142 Å². The lowest BCUT2D eigenvalue weighted by Gasteiger charge is -2.29. The number of fused-ring (bicyclic) bond motifs is 1. The molecule has 0 saturated carbocycles. The first-order valence-corrected chi connectivity index (χ1v) is 11.8. The van der Waals surface area contributed by atoms with Crippen molar-refractivity contribution in [3.8, 4) is 11.5 Å². The normalized spacial score (nSPS) is 14.5. The molecule has 192 valence electrons. The molecule has 10 heteroatoms. The average molecular weight is 511 g/mol. The van der Waals surface area contributed by atoms with Crippen molar-refractivity contribution in [2.24, 2.45) is 5.10 Å². The highest BCUT2D eigenvalue weighted by molar-refractivity contribution is 6.07. The highest BCUT2D eigenvalue weighted by Crippen LogP contribution is 2.36. The smallest absolute Gasteiger partial charge is 0.221 e. The van der Waals surface area contributed by atoms with E-state index in [0.717, 1.165) is 16.7 Å². The number of hydrogen-bond acceptors (Lipinski definition) is 10. The molecule has 0 unspecified atom stereocenters. The fourth-order valence-corrected chi connectivity index (χ4v) is 4.40. The maximum atomic E-state index is 13.5. The summed E-state index contributed by atoms with van der Waals surface area (Å²) in [5.74, 6) is 1.51. The average Bonchev–Trinajstić information content (AvgIpc) is 3.47. The third kappa shape index (κ3) is 4.79. The molecule has 1 aliphatic rings. The second-order valence-electron chi connectivity index (χ2n) is 8.55. The van der Waals surface area contributed by atoms with E-state index in [1.807, 2.05) is 36.4 Å². The number of rotatable bonds is 8. The van der Waals surface area contributed by atoms with E-state index in [0.29, 0.717) is 34.8 Å². The molecule has 0 aliphatic carbocycles. The number of aromatic nitrogens is 2. The van der Waals surface area contributed by atoms with E-state index in [2.05, 4.69) is 15.1 Å². The zero-order valence-electron chi connectivity index (χ0n) is 20.9. The van der Waals surface area contributed by atoms with E-state index in [1.165, 1.54) is 20.3 Å². The number of methoxy groups -OCH3 is 2. The number of ketones is 1. The van der Waals surface area contributed by atoms with Crippen LogP contribution in [0.25, 0.3) is 0 Å². The molecule has 1 atom stereocenters. The molecule has 5 rings (SSSR count). The van der Waals surface area contributed by atoms with Crippen LogP contribution in [0.2, 0.25) is 0 Å². The number of ether oxygens (including phenoxy) is 2. The van der Waals surface area contributed by atoms with Crippen LogP contribution in [0.4, 0.5) is 11.8 Å². The summed E-state index contributed by atoms with van der Waals surface area (Å²) >= 11 is 0. The predicted molar refractivity (Wildman–Crippen MR) is 143 cm³/mol. The molecule has 2 aromatic carbocycles. The van der Waals surface area contributed by atoms with Crippen LogP contribution in [0, 0.1) is 0 Å². The van der Waals surface area contributed by atoms with Crippen molar-refractivity contribution in [2.75, 3.05) is 25.7 Å². The van der Waals surface area contributed by atoms with Crippen molar-refractivity contribution in [2.45, 2.75) is 12.5 Å². The maximum Gasteiger partial charge on any atom is 0.221 e. The number of carbonyl (C=O) groups excluding carboxylic acids is 1. The lowest BCUT2D eigenvalue weighted by Crippen LogP contribution is -2.24. The van der Waals surface area contributed by atoms with Crippen molar-refractivity contribution < 1.29 is 18.7 Å². The zero-order chi connectivity index (χ0) is 26.6. The number of nitrogens with zero attached hydrogens (tertiary/aromatic N) is 4. The van der Waals surface area contributed by atoms with Crippen LogP contribution < -0.4 is 20.9 Å². The van der Waals surface area contributed by atoms with E-state index in [4.69, 9.17) is 25.4 Å². The molecular weight excluding hydrogens is 484 g/mol. The fourth-order valence-electron chi connectivity index (χ4n) is 4.40. The van der Waals surface area contributed by atoms with Crippen LogP contribution in [0.5, 0.6) is 11.5 Å². The first-order chi connectivity index (χ1) is 18.5. The van der Waals surface area contributed by atoms with E-state index < -0.39 is 0 Å². The van der Waals surface area contributed by atoms with Gasteiger partial charge in [-0.15, -0.1) is 0 Å². The Bertz CT molecular complexity index is 1530. The standard InChI is InChI=1S/C28H26N6O4/c1-36-24-14-17(12-19-15-31-28(30)33-27(19)29)13-21(26(24)37-2)22(35)9-10-34-25(23-8-5-11-38-23)20-7-4-3-6-18(20)16-32-34/h3-11,13-16,25H,12H2,1-2H3,(H4,29,30,31,33)/b10-9+/t25-/m0/s1. The van der Waals surface area contributed by atoms with Crippen LogP contribution in [0.15, 0.2) is 82.8 Å². The minimum absolute atomic E-state index is 0.0930. The Kier molecular flexibility index (Phi) is 6.77. The van der Waals surface area contributed by atoms with Gasteiger partial charge in [0.05, 0.1) is 32.3 Å². The van der Waals surface area contributed by atoms with Crippen LogP contribution in [-0.4, -0.2) is 41.2 Å². The number of hydrogen-bond donors (Lipinski definition) is 2. The van der Waals surface area contributed by atoms with Gasteiger partial charge in [0, 0.05) is 36.0 Å². The Morgan fingerprint density at radius 1 is 1.13 bits per heavy atom. The first kappa shape index (κ1) is 24.6. The van der Waals surface area contributed by atoms with Gasteiger partial charge in [-0.3, -0.25) is 9.80 Å². The van der Waals surface area contributed by atoms with Crippen molar-refractivity contribution in [1.29, 1.82) is 0 Å². The van der Waals surface area contributed by atoms with Gasteiger partial charge in [-0.2, -0.15) is 10.1 Å². The Morgan fingerprint density at radius 3 is 2.71 bits per heavy atom. The van der Waals surface area contributed by atoms with Crippen LogP contribution in [0.3, 0.4) is 0 Å². The minimum Gasteiger partial charge on any atom is -0.493 e. The van der Waals surface area contributed by atoms with Crippen LogP contribution >= 0.6 is 0 Å². The molecule has 0 fully saturated rings. The second kappa shape index (κ2) is 10.5. The maximum absolute atomic E-state index is 13.5. The van der Waals surface area contributed by atoms with Gasteiger partial charge in [0.15, 0.2) is 17.3 Å². The number of nitrogens with two attached hydrogens (primary N) is 2. The largest absolute Gasteiger partial charge is 0.493 e. The van der Waals surface area contributed by atoms with E-state index in [1.54, 1.807) is 42.0 Å². The molecule has 4 aromatic rings. The van der Waals surface area contributed by atoms with Gasteiger partial charge < -0.3 is 25.4 Å². The highest BCUT2D eigenvalue weighted by Gasteiger charge is 2.28. The van der Waals surface area contributed by atoms with Gasteiger partial charge in [-0.25, -0.2) is 4.98 Å². The van der Waals surface area contributed by atoms with Gasteiger partial charge >= 0.3 is 0 Å². The molecule has 4 N–H and O–H groups in total. The summed E-state index contributed by atoms with van der Waals surface area (Å²) in [7, 11) is 3.00. The summed E-state index contributed by atoms with van der Waals surface area (Å²) in [6.45, 7) is 0. The summed E-state index contributed by atoms with van der Waals surface area (Å²) in [6.07, 6.45) is 8.38. The van der Waals surface area contributed by atoms with Crippen molar-refractivity contribution >= 4 is 23.8 Å². The fraction of sp³-hybridized carbons (Fsp3) is 0.143. The molecule has 0 spiro atoms. The molecule has 0 radical (unpaired) electrons. The molecule has 0 amide bonds. The highest BCUT2D eigenvalue weighted by atomic mass is 16.5. The van der Waals surface area contributed by atoms with E-state index in [9.17, 15) is 4.79 Å². The van der Waals surface area contributed by atoms with Gasteiger partial charge in [0.1, 0.15) is 17.6 Å². The molecule has 1 aliphatic heterocycles. The van der Waals surface area contributed by atoms with E-state index >= 15 is 0 Å². The van der Waals surface area contributed by atoms with Gasteiger partial charge in [0.25, 0.3) is 0 Å². The lowest BCUT2D eigenvalue weighted by atomic mass is 9.97. The molecule has 10 nitrogen and oxygen atoms in total. The minimum atomic E-state index is -0.327. The summed E-state index contributed by atoms with van der Waals surface area (Å²) < 4.78 is 16.8. The van der Waals surface area contributed by atoms with Gasteiger partial charge in [-0.1, -0.05) is 24.3 Å². The Hall–Kier alpha value is -5.12. The van der Waals surface area contributed by atoms with Crippen LogP contribution in [-0.2, 0) is 6.42 Å². The molecular formula is C28H26N6O4. The second-order valence-corrected chi connectivity index (χ2v) is 8.55. The molecule has 38 heavy (non-hydrogen) atoms. The van der Waals surface area contributed by atoms with Gasteiger partial charge in [0.2, 0.25) is 5.95 Å². The SMILES string of the molecule is COc1cc(Cc2cnc(N)nc2N)cc(C(=O)/C=C/N2N=Cc3ccccc3[C@H]2c2ccco2)c1OC. The number of anilines is 2. The quantitative estimate of drug-likeness (QED) is 0.266. The number of allylic oxidation sites excluding steroid dienone is 1. The number of nitrogen functional groups attached to an aromatic ring is 2. The Balaban J connectivity index is 1.48. The van der Waals surface area contributed by atoms with Crippen LogP contribution in [0.1, 0.15) is 44.4 Å². The van der Waals surface area contributed by atoms with Gasteiger partial charge in [-0.05, 0) is 35.4 Å². The Labute approximate surface area is 219 Å².